The van der Waals surface area contributed by atoms with Crippen LogP contribution in [0, 0.1) is 0 Å². The van der Waals surface area contributed by atoms with Crippen molar-refractivity contribution < 1.29 is 0 Å². The van der Waals surface area contributed by atoms with Crippen molar-refractivity contribution in [3.05, 3.63) is 41.2 Å². The maximum absolute atomic E-state index is 5.67. The Kier molecular flexibility index (Phi) is 4.25. The molecular weight excluding hydrogens is 270 g/mol. The van der Waals surface area contributed by atoms with Crippen molar-refractivity contribution in [2.24, 2.45) is 0 Å². The van der Waals surface area contributed by atoms with Gasteiger partial charge in [0.15, 0.2) is 5.13 Å². The average Bonchev–Trinajstić information content (AvgIpc) is 2.88. The highest BCUT2D eigenvalue weighted by Crippen LogP contribution is 2.17. The summed E-state index contributed by atoms with van der Waals surface area (Å²) < 4.78 is 0. The first-order chi connectivity index (χ1) is 9.79. The van der Waals surface area contributed by atoms with Gasteiger partial charge in [-0.3, -0.25) is 14.8 Å². The Morgan fingerprint density at radius 2 is 1.85 bits per heavy atom. The minimum atomic E-state index is 0.662. The normalized spacial score (nSPS) is 17.4. The van der Waals surface area contributed by atoms with Crippen molar-refractivity contribution in [3.8, 4) is 0 Å². The van der Waals surface area contributed by atoms with E-state index in [0.29, 0.717) is 5.13 Å². The number of aromatic nitrogens is 2. The van der Waals surface area contributed by atoms with Gasteiger partial charge in [-0.15, -0.1) is 11.3 Å². The SMILES string of the molecule is Nc1ncc(CN2CCN(Cc3cccnc3)CC2)s1. The highest BCUT2D eigenvalue weighted by Gasteiger charge is 2.17. The van der Waals surface area contributed by atoms with Crippen LogP contribution in [-0.2, 0) is 13.1 Å². The molecular formula is C14H19N5S. The molecule has 3 rings (SSSR count). The molecule has 1 saturated heterocycles. The lowest BCUT2D eigenvalue weighted by Gasteiger charge is -2.34. The second-order valence-electron chi connectivity index (χ2n) is 5.08. The van der Waals surface area contributed by atoms with E-state index in [1.54, 1.807) is 11.3 Å². The summed E-state index contributed by atoms with van der Waals surface area (Å²) in [4.78, 5) is 14.5. The van der Waals surface area contributed by atoms with E-state index in [1.807, 2.05) is 24.7 Å². The van der Waals surface area contributed by atoms with Crippen LogP contribution in [0.4, 0.5) is 5.13 Å². The molecule has 1 aliphatic heterocycles. The van der Waals surface area contributed by atoms with Crippen molar-refractivity contribution >= 4 is 16.5 Å². The van der Waals surface area contributed by atoms with Crippen LogP contribution in [0.1, 0.15) is 10.4 Å². The Hall–Kier alpha value is -1.50. The summed E-state index contributed by atoms with van der Waals surface area (Å²) in [5.74, 6) is 0. The molecule has 106 valence electrons. The number of nitrogens with two attached hydrogens (primary N) is 1. The first-order valence-electron chi connectivity index (χ1n) is 6.83. The van der Waals surface area contributed by atoms with Gasteiger partial charge in [0, 0.05) is 62.7 Å². The zero-order chi connectivity index (χ0) is 13.8. The van der Waals surface area contributed by atoms with Crippen molar-refractivity contribution in [2.45, 2.75) is 13.1 Å². The van der Waals surface area contributed by atoms with Crippen molar-refractivity contribution in [2.75, 3.05) is 31.9 Å². The summed E-state index contributed by atoms with van der Waals surface area (Å²) in [5.41, 5.74) is 6.95. The molecule has 0 unspecified atom stereocenters. The van der Waals surface area contributed by atoms with Gasteiger partial charge in [-0.05, 0) is 11.6 Å². The topological polar surface area (TPSA) is 58.3 Å². The highest BCUT2D eigenvalue weighted by molar-refractivity contribution is 7.15. The van der Waals surface area contributed by atoms with Gasteiger partial charge in [-0.25, -0.2) is 4.98 Å². The van der Waals surface area contributed by atoms with Crippen molar-refractivity contribution in [3.63, 3.8) is 0 Å². The van der Waals surface area contributed by atoms with Crippen LogP contribution < -0.4 is 5.73 Å². The molecule has 0 atom stereocenters. The minimum absolute atomic E-state index is 0.662. The Balaban J connectivity index is 1.47. The standard InChI is InChI=1S/C14H19N5S/c15-14-17-9-13(20-14)11-19-6-4-18(5-7-19)10-12-2-1-3-16-8-12/h1-3,8-9H,4-7,10-11H2,(H2,15,17). The molecule has 1 aliphatic rings. The highest BCUT2D eigenvalue weighted by atomic mass is 32.1. The van der Waals surface area contributed by atoms with Gasteiger partial charge < -0.3 is 5.73 Å². The first kappa shape index (κ1) is 13.5. The fourth-order valence-electron chi connectivity index (χ4n) is 2.47. The summed E-state index contributed by atoms with van der Waals surface area (Å²) in [6.45, 7) is 6.35. The third-order valence-electron chi connectivity index (χ3n) is 3.54. The van der Waals surface area contributed by atoms with Gasteiger partial charge in [-0.1, -0.05) is 6.07 Å². The van der Waals surface area contributed by atoms with Crippen LogP contribution in [0.3, 0.4) is 0 Å². The summed E-state index contributed by atoms with van der Waals surface area (Å²) in [6.07, 6.45) is 5.66. The summed E-state index contributed by atoms with van der Waals surface area (Å²) in [5, 5.41) is 0.662. The Morgan fingerprint density at radius 3 is 2.45 bits per heavy atom. The second kappa shape index (κ2) is 6.30. The van der Waals surface area contributed by atoms with E-state index in [0.717, 1.165) is 39.3 Å². The predicted octanol–water partition coefficient (Wildman–Crippen LogP) is 1.44. The lowest BCUT2D eigenvalue weighted by Crippen LogP contribution is -2.45. The number of rotatable bonds is 4. The Morgan fingerprint density at radius 1 is 1.10 bits per heavy atom. The fraction of sp³-hybridized carbons (Fsp3) is 0.429. The third-order valence-corrected chi connectivity index (χ3v) is 4.36. The number of nitrogens with zero attached hydrogens (tertiary/aromatic N) is 4. The van der Waals surface area contributed by atoms with Crippen LogP contribution in [0.25, 0.3) is 0 Å². The van der Waals surface area contributed by atoms with E-state index in [1.165, 1.54) is 10.4 Å². The molecule has 0 bridgehead atoms. The van der Waals surface area contributed by atoms with Crippen LogP contribution in [0.15, 0.2) is 30.7 Å². The maximum atomic E-state index is 5.67. The minimum Gasteiger partial charge on any atom is -0.375 e. The number of thiazole rings is 1. The molecule has 5 nitrogen and oxygen atoms in total. The fourth-order valence-corrected chi connectivity index (χ4v) is 3.20. The number of piperazine rings is 1. The summed E-state index contributed by atoms with van der Waals surface area (Å²) in [6, 6.07) is 4.14. The lowest BCUT2D eigenvalue weighted by molar-refractivity contribution is 0.122. The van der Waals surface area contributed by atoms with Crippen LogP contribution in [0.2, 0.25) is 0 Å². The van der Waals surface area contributed by atoms with Gasteiger partial charge in [0.05, 0.1) is 0 Å². The predicted molar refractivity (Wildman–Crippen MR) is 81.3 cm³/mol. The first-order valence-corrected chi connectivity index (χ1v) is 7.65. The summed E-state index contributed by atoms with van der Waals surface area (Å²) >= 11 is 1.59. The van der Waals surface area contributed by atoms with E-state index in [2.05, 4.69) is 25.8 Å². The molecule has 6 heteroatoms. The average molecular weight is 289 g/mol. The zero-order valence-electron chi connectivity index (χ0n) is 11.4. The molecule has 0 radical (unpaired) electrons. The van der Waals surface area contributed by atoms with E-state index >= 15 is 0 Å². The van der Waals surface area contributed by atoms with E-state index in [4.69, 9.17) is 5.73 Å². The lowest BCUT2D eigenvalue weighted by atomic mass is 10.2. The third kappa shape index (κ3) is 3.53. The van der Waals surface area contributed by atoms with Crippen molar-refractivity contribution in [1.82, 2.24) is 19.8 Å². The quantitative estimate of drug-likeness (QED) is 0.923. The molecule has 20 heavy (non-hydrogen) atoms. The number of hydrogen-bond acceptors (Lipinski definition) is 6. The van der Waals surface area contributed by atoms with Gasteiger partial charge in [0.1, 0.15) is 0 Å². The zero-order valence-corrected chi connectivity index (χ0v) is 12.2. The number of nitrogen functional groups attached to an aromatic ring is 1. The van der Waals surface area contributed by atoms with Gasteiger partial charge in [-0.2, -0.15) is 0 Å². The maximum Gasteiger partial charge on any atom is 0.180 e. The number of hydrogen-bond donors (Lipinski definition) is 1. The Bertz CT molecular complexity index is 534. The molecule has 0 spiro atoms. The van der Waals surface area contributed by atoms with E-state index in [-0.39, 0.29) is 0 Å². The van der Waals surface area contributed by atoms with Gasteiger partial charge >= 0.3 is 0 Å². The van der Waals surface area contributed by atoms with Gasteiger partial charge in [0.25, 0.3) is 0 Å². The van der Waals surface area contributed by atoms with Crippen LogP contribution in [0.5, 0.6) is 0 Å². The molecule has 0 amide bonds. The smallest absolute Gasteiger partial charge is 0.180 e. The monoisotopic (exact) mass is 289 g/mol. The molecule has 2 aromatic rings. The van der Waals surface area contributed by atoms with E-state index in [9.17, 15) is 0 Å². The molecule has 0 aromatic carbocycles. The van der Waals surface area contributed by atoms with Gasteiger partial charge in [0.2, 0.25) is 0 Å². The Labute approximate surface area is 123 Å². The molecule has 0 aliphatic carbocycles. The van der Waals surface area contributed by atoms with Crippen LogP contribution in [-0.4, -0.2) is 45.9 Å². The second-order valence-corrected chi connectivity index (χ2v) is 6.23. The largest absolute Gasteiger partial charge is 0.375 e. The molecule has 3 heterocycles. The summed E-state index contributed by atoms with van der Waals surface area (Å²) in [7, 11) is 0. The molecule has 0 saturated carbocycles. The molecule has 1 fully saturated rings. The van der Waals surface area contributed by atoms with Crippen LogP contribution >= 0.6 is 11.3 Å². The molecule has 2 N–H and O–H groups in total. The molecule has 2 aromatic heterocycles. The van der Waals surface area contributed by atoms with E-state index < -0.39 is 0 Å². The number of anilines is 1. The van der Waals surface area contributed by atoms with Crippen molar-refractivity contribution in [1.29, 1.82) is 0 Å². The number of pyridine rings is 1.